The second kappa shape index (κ2) is 9.43. The Morgan fingerprint density at radius 1 is 1.20 bits per heavy atom. The van der Waals surface area contributed by atoms with E-state index in [9.17, 15) is 9.90 Å². The number of aromatic hydroxyl groups is 1. The molecule has 2 aromatic heterocycles. The Bertz CT molecular complexity index is 1020. The van der Waals surface area contributed by atoms with Gasteiger partial charge in [-0.1, -0.05) is 44.5 Å². The molecule has 160 valence electrons. The lowest BCUT2D eigenvalue weighted by molar-refractivity contribution is -0.144. The quantitative estimate of drug-likeness (QED) is 0.405. The number of anilines is 1. The summed E-state index contributed by atoms with van der Waals surface area (Å²) in [6.45, 7) is 4.74. The van der Waals surface area contributed by atoms with E-state index in [1.54, 1.807) is 4.57 Å². The Labute approximate surface area is 174 Å². The molecular formula is C21H27N5O4. The van der Waals surface area contributed by atoms with Gasteiger partial charge in [-0.3, -0.25) is 9.36 Å². The largest absolute Gasteiger partial charge is 0.480 e. The van der Waals surface area contributed by atoms with Gasteiger partial charge in [0.05, 0.1) is 26.2 Å². The van der Waals surface area contributed by atoms with Crippen LogP contribution in [0.25, 0.3) is 11.2 Å². The molecule has 0 amide bonds. The molecule has 3 aromatic rings. The van der Waals surface area contributed by atoms with Gasteiger partial charge in [-0.25, -0.2) is 0 Å². The number of methoxy groups -OCH3 is 1. The van der Waals surface area contributed by atoms with E-state index in [1.807, 2.05) is 31.2 Å². The molecule has 3 rings (SSSR count). The highest BCUT2D eigenvalue weighted by atomic mass is 16.5. The number of imidazole rings is 1. The number of carbonyl (C=O) groups excluding carboxylic acids is 1. The van der Waals surface area contributed by atoms with E-state index in [-0.39, 0.29) is 29.7 Å². The standard InChI is InChI=1S/C21H27N5O4/c1-4-5-10-30-20-24-17(22)16-18(25-20)26(21(28)23-16)12-15-8-6-14(7-9-15)11-13(2)19(27)29-3/h6-9,13H,4-5,10-12H2,1-3H3,(H,23,28)(H2,22,24,25). The molecule has 0 saturated carbocycles. The minimum atomic E-state index is -0.233. The summed E-state index contributed by atoms with van der Waals surface area (Å²) in [6.07, 6.45) is 2.46. The van der Waals surface area contributed by atoms with Crippen LogP contribution in [-0.2, 0) is 22.5 Å². The fourth-order valence-electron chi connectivity index (χ4n) is 3.11. The van der Waals surface area contributed by atoms with Crippen molar-refractivity contribution < 1.29 is 19.4 Å². The number of benzene rings is 1. The van der Waals surface area contributed by atoms with Gasteiger partial charge in [0.2, 0.25) is 0 Å². The zero-order valence-electron chi connectivity index (χ0n) is 17.5. The lowest BCUT2D eigenvalue weighted by atomic mass is 10.0. The van der Waals surface area contributed by atoms with Gasteiger partial charge in [-0.15, -0.1) is 0 Å². The number of nitrogens with zero attached hydrogens (tertiary/aromatic N) is 4. The van der Waals surface area contributed by atoms with Crippen molar-refractivity contribution in [3.63, 3.8) is 0 Å². The monoisotopic (exact) mass is 413 g/mol. The molecule has 2 heterocycles. The highest BCUT2D eigenvalue weighted by Crippen LogP contribution is 2.26. The van der Waals surface area contributed by atoms with Crippen LogP contribution in [0.2, 0.25) is 0 Å². The highest BCUT2D eigenvalue weighted by molar-refractivity contribution is 5.83. The Kier molecular flexibility index (Phi) is 6.71. The van der Waals surface area contributed by atoms with Crippen molar-refractivity contribution in [1.29, 1.82) is 0 Å². The number of aromatic nitrogens is 4. The molecule has 0 saturated heterocycles. The van der Waals surface area contributed by atoms with E-state index in [2.05, 4.69) is 21.9 Å². The van der Waals surface area contributed by atoms with Crippen LogP contribution >= 0.6 is 0 Å². The first-order valence-electron chi connectivity index (χ1n) is 9.94. The Balaban J connectivity index is 1.81. The molecule has 1 atom stereocenters. The maximum Gasteiger partial charge on any atom is 0.320 e. The molecule has 0 aliphatic rings. The second-order valence-corrected chi connectivity index (χ2v) is 7.21. The first-order valence-corrected chi connectivity index (χ1v) is 9.94. The molecule has 1 unspecified atom stereocenters. The number of hydrogen-bond donors (Lipinski definition) is 2. The molecule has 0 spiro atoms. The molecule has 1 aromatic carbocycles. The first-order chi connectivity index (χ1) is 14.4. The van der Waals surface area contributed by atoms with Gasteiger partial charge in [0.15, 0.2) is 17.0 Å². The molecular weight excluding hydrogens is 386 g/mol. The zero-order valence-corrected chi connectivity index (χ0v) is 17.5. The van der Waals surface area contributed by atoms with Gasteiger partial charge in [0.25, 0.3) is 6.01 Å². The van der Waals surface area contributed by atoms with Crippen LogP contribution in [0.1, 0.15) is 37.8 Å². The summed E-state index contributed by atoms with van der Waals surface area (Å²) < 4.78 is 11.9. The van der Waals surface area contributed by atoms with Gasteiger partial charge < -0.3 is 20.3 Å². The fraction of sp³-hybridized carbons (Fsp3) is 0.429. The Hall–Kier alpha value is -3.36. The summed E-state index contributed by atoms with van der Waals surface area (Å²) in [7, 11) is 1.39. The lowest BCUT2D eigenvalue weighted by Crippen LogP contribution is -2.15. The van der Waals surface area contributed by atoms with Gasteiger partial charge in [0, 0.05) is 0 Å². The van der Waals surface area contributed by atoms with Crippen LogP contribution in [0.4, 0.5) is 5.82 Å². The fourth-order valence-corrected chi connectivity index (χ4v) is 3.11. The number of hydrogen-bond acceptors (Lipinski definition) is 8. The number of esters is 1. The highest BCUT2D eigenvalue weighted by Gasteiger charge is 2.18. The molecule has 0 radical (unpaired) electrons. The first kappa shape index (κ1) is 21.4. The maximum atomic E-state index is 11.6. The summed E-state index contributed by atoms with van der Waals surface area (Å²) in [6, 6.07) is 7.75. The van der Waals surface area contributed by atoms with Crippen LogP contribution in [0.5, 0.6) is 12.0 Å². The van der Waals surface area contributed by atoms with E-state index < -0.39 is 0 Å². The van der Waals surface area contributed by atoms with Gasteiger partial charge in [-0.05, 0) is 24.0 Å². The number of nitrogens with two attached hydrogens (primary N) is 1. The van der Waals surface area contributed by atoms with Gasteiger partial charge >= 0.3 is 12.0 Å². The van der Waals surface area contributed by atoms with Crippen molar-refractivity contribution in [3.8, 4) is 12.0 Å². The topological polar surface area (TPSA) is 125 Å². The van der Waals surface area contributed by atoms with Crippen LogP contribution in [0, 0.1) is 5.92 Å². The van der Waals surface area contributed by atoms with E-state index in [1.165, 1.54) is 7.11 Å². The SMILES string of the molecule is CCCCOc1nc(N)c2nc(O)n(Cc3ccc(CC(C)C(=O)OC)cc3)c2n1. The van der Waals surface area contributed by atoms with Crippen LogP contribution < -0.4 is 10.5 Å². The predicted molar refractivity (Wildman–Crippen MR) is 112 cm³/mol. The number of fused-ring (bicyclic) bond motifs is 1. The molecule has 30 heavy (non-hydrogen) atoms. The summed E-state index contributed by atoms with van der Waals surface area (Å²) in [5.74, 6) is -0.288. The van der Waals surface area contributed by atoms with E-state index >= 15 is 0 Å². The second-order valence-electron chi connectivity index (χ2n) is 7.21. The molecule has 0 fully saturated rings. The smallest absolute Gasteiger partial charge is 0.320 e. The van der Waals surface area contributed by atoms with E-state index in [0.717, 1.165) is 24.0 Å². The molecule has 0 aliphatic carbocycles. The minimum Gasteiger partial charge on any atom is -0.480 e. The average Bonchev–Trinajstić information content (AvgIpc) is 3.05. The molecule has 9 heteroatoms. The molecule has 9 nitrogen and oxygen atoms in total. The summed E-state index contributed by atoms with van der Waals surface area (Å²) in [5, 5.41) is 10.3. The van der Waals surface area contributed by atoms with Crippen LogP contribution in [0.15, 0.2) is 24.3 Å². The summed E-state index contributed by atoms with van der Waals surface area (Å²) >= 11 is 0. The van der Waals surface area contributed by atoms with E-state index in [4.69, 9.17) is 15.2 Å². The number of unbranched alkanes of at least 4 members (excludes halogenated alkanes) is 1. The Morgan fingerprint density at radius 3 is 2.57 bits per heavy atom. The van der Waals surface area contributed by atoms with Crippen molar-refractivity contribution in [2.75, 3.05) is 19.5 Å². The third-order valence-corrected chi connectivity index (χ3v) is 4.82. The van der Waals surface area contributed by atoms with Crippen molar-refractivity contribution in [2.45, 2.75) is 39.7 Å². The zero-order chi connectivity index (χ0) is 21.7. The minimum absolute atomic E-state index is 0.160. The lowest BCUT2D eigenvalue weighted by Gasteiger charge is -2.10. The Morgan fingerprint density at radius 2 is 1.90 bits per heavy atom. The van der Waals surface area contributed by atoms with Crippen LogP contribution in [-0.4, -0.2) is 44.3 Å². The van der Waals surface area contributed by atoms with E-state index in [0.29, 0.717) is 30.7 Å². The number of nitrogen functional groups attached to an aromatic ring is 1. The molecule has 0 bridgehead atoms. The third kappa shape index (κ3) is 4.79. The van der Waals surface area contributed by atoms with Gasteiger partial charge in [0.1, 0.15) is 0 Å². The molecule has 3 N–H and O–H groups in total. The maximum absolute atomic E-state index is 11.6. The van der Waals surface area contributed by atoms with Crippen molar-refractivity contribution >= 4 is 23.0 Å². The average molecular weight is 413 g/mol. The van der Waals surface area contributed by atoms with Crippen molar-refractivity contribution in [2.24, 2.45) is 5.92 Å². The summed E-state index contributed by atoms with van der Waals surface area (Å²) in [4.78, 5) is 24.2. The van der Waals surface area contributed by atoms with Crippen molar-refractivity contribution in [3.05, 3.63) is 35.4 Å². The van der Waals surface area contributed by atoms with Gasteiger partial charge in [-0.2, -0.15) is 15.0 Å². The van der Waals surface area contributed by atoms with Crippen molar-refractivity contribution in [1.82, 2.24) is 19.5 Å². The number of ether oxygens (including phenoxy) is 2. The summed E-state index contributed by atoms with van der Waals surface area (Å²) in [5.41, 5.74) is 8.68. The number of carbonyl (C=O) groups is 1. The van der Waals surface area contributed by atoms with Crippen LogP contribution in [0.3, 0.4) is 0 Å². The number of rotatable bonds is 9. The molecule has 0 aliphatic heterocycles. The third-order valence-electron chi connectivity index (χ3n) is 4.82. The predicted octanol–water partition coefficient (Wildman–Crippen LogP) is 2.69. The normalized spacial score (nSPS) is 12.1.